The fourth-order valence-electron chi connectivity index (χ4n) is 3.25. The first-order chi connectivity index (χ1) is 12.2. The molecule has 0 fully saturated rings. The van der Waals surface area contributed by atoms with Crippen molar-refractivity contribution < 1.29 is 14.3 Å². The van der Waals surface area contributed by atoms with Gasteiger partial charge in [0, 0.05) is 6.08 Å². The fraction of sp³-hybridized carbons (Fsp3) is 0.286. The van der Waals surface area contributed by atoms with Crippen LogP contribution in [0.3, 0.4) is 0 Å². The quantitative estimate of drug-likeness (QED) is 0.842. The molecule has 0 bridgehead atoms. The summed E-state index contributed by atoms with van der Waals surface area (Å²) >= 11 is 0. The highest BCUT2D eigenvalue weighted by atomic mass is 16.5. The van der Waals surface area contributed by atoms with Crippen molar-refractivity contribution in [3.63, 3.8) is 0 Å². The van der Waals surface area contributed by atoms with Gasteiger partial charge in [-0.25, -0.2) is 0 Å². The summed E-state index contributed by atoms with van der Waals surface area (Å²) in [5.41, 5.74) is 3.46. The van der Waals surface area contributed by atoms with Gasteiger partial charge in [-0.2, -0.15) is 0 Å². The van der Waals surface area contributed by atoms with E-state index in [0.29, 0.717) is 11.5 Å². The first kappa shape index (κ1) is 17.1. The minimum atomic E-state index is -0.0866. The fourth-order valence-corrected chi connectivity index (χ4v) is 3.25. The largest absolute Gasteiger partial charge is 0.493 e. The number of aryl methyl sites for hydroxylation is 1. The molecule has 0 aliphatic heterocycles. The van der Waals surface area contributed by atoms with Crippen molar-refractivity contribution in [2.45, 2.75) is 25.3 Å². The number of carbonyl (C=O) groups is 1. The second-order valence-corrected chi connectivity index (χ2v) is 6.10. The Morgan fingerprint density at radius 1 is 1.12 bits per heavy atom. The van der Waals surface area contributed by atoms with Crippen LogP contribution in [0.5, 0.6) is 11.5 Å². The Morgan fingerprint density at radius 3 is 2.72 bits per heavy atom. The van der Waals surface area contributed by atoms with Gasteiger partial charge in [-0.05, 0) is 54.2 Å². The van der Waals surface area contributed by atoms with Crippen LogP contribution in [0.4, 0.5) is 0 Å². The van der Waals surface area contributed by atoms with Crippen LogP contribution in [-0.4, -0.2) is 20.1 Å². The number of benzene rings is 2. The molecule has 0 saturated heterocycles. The third-order valence-electron chi connectivity index (χ3n) is 4.52. The van der Waals surface area contributed by atoms with Gasteiger partial charge in [-0.15, -0.1) is 0 Å². The van der Waals surface area contributed by atoms with Crippen LogP contribution in [0.15, 0.2) is 48.5 Å². The van der Waals surface area contributed by atoms with E-state index in [4.69, 9.17) is 9.47 Å². The lowest BCUT2D eigenvalue weighted by atomic mass is 9.88. The Bertz CT molecular complexity index is 782. The summed E-state index contributed by atoms with van der Waals surface area (Å²) in [6.07, 6.45) is 6.52. The molecule has 0 heterocycles. The molecular weight excluding hydrogens is 314 g/mol. The monoisotopic (exact) mass is 337 g/mol. The van der Waals surface area contributed by atoms with Crippen LogP contribution in [-0.2, 0) is 11.2 Å². The smallest absolute Gasteiger partial charge is 0.244 e. The normalized spacial score (nSPS) is 16.3. The number of carbonyl (C=O) groups excluding carboxylic acids is 1. The molecule has 2 aromatic rings. The van der Waals surface area contributed by atoms with E-state index in [1.165, 1.54) is 11.1 Å². The molecule has 130 valence electrons. The van der Waals surface area contributed by atoms with Gasteiger partial charge in [0.1, 0.15) is 0 Å². The van der Waals surface area contributed by atoms with Gasteiger partial charge >= 0.3 is 0 Å². The molecule has 0 aromatic heterocycles. The van der Waals surface area contributed by atoms with Crippen LogP contribution in [0.2, 0.25) is 0 Å². The topological polar surface area (TPSA) is 47.6 Å². The van der Waals surface area contributed by atoms with Gasteiger partial charge in [0.15, 0.2) is 11.5 Å². The van der Waals surface area contributed by atoms with Gasteiger partial charge in [0.25, 0.3) is 0 Å². The van der Waals surface area contributed by atoms with Crippen molar-refractivity contribution in [1.82, 2.24) is 5.32 Å². The van der Waals surface area contributed by atoms with E-state index >= 15 is 0 Å². The first-order valence-corrected chi connectivity index (χ1v) is 8.49. The molecule has 1 N–H and O–H groups in total. The molecule has 1 unspecified atom stereocenters. The predicted molar refractivity (Wildman–Crippen MR) is 98.8 cm³/mol. The summed E-state index contributed by atoms with van der Waals surface area (Å²) in [5, 5.41) is 3.11. The number of ether oxygens (including phenoxy) is 2. The van der Waals surface area contributed by atoms with Crippen molar-refractivity contribution in [3.05, 3.63) is 65.2 Å². The Hall–Kier alpha value is -2.75. The van der Waals surface area contributed by atoms with E-state index in [-0.39, 0.29) is 11.9 Å². The standard InChI is InChI=1S/C21H23NO3/c1-24-19-12-10-15(14-20(19)25-2)11-13-21(23)22-18-9-5-7-16-6-3-4-8-17(16)18/h3-4,6,8,10-14,18H,5,7,9H2,1-2H3,(H,22,23). The molecule has 1 amide bonds. The minimum Gasteiger partial charge on any atom is -0.493 e. The predicted octanol–water partition coefficient (Wildman–Crippen LogP) is 3.91. The summed E-state index contributed by atoms with van der Waals surface area (Å²) in [6.45, 7) is 0. The van der Waals surface area contributed by atoms with Crippen LogP contribution in [0, 0.1) is 0 Å². The Kier molecular flexibility index (Phi) is 5.39. The van der Waals surface area contributed by atoms with Gasteiger partial charge in [-0.3, -0.25) is 4.79 Å². The van der Waals surface area contributed by atoms with Crippen LogP contribution < -0.4 is 14.8 Å². The van der Waals surface area contributed by atoms with Crippen LogP contribution in [0.25, 0.3) is 6.08 Å². The van der Waals surface area contributed by atoms with Crippen molar-refractivity contribution >= 4 is 12.0 Å². The highest BCUT2D eigenvalue weighted by molar-refractivity contribution is 5.92. The molecule has 3 rings (SSSR count). The summed E-state index contributed by atoms with van der Waals surface area (Å²) < 4.78 is 10.5. The van der Waals surface area contributed by atoms with Crippen LogP contribution >= 0.6 is 0 Å². The van der Waals surface area contributed by atoms with Crippen molar-refractivity contribution in [2.24, 2.45) is 0 Å². The Balaban J connectivity index is 1.68. The second kappa shape index (κ2) is 7.88. The third kappa shape index (κ3) is 4.02. The summed E-state index contributed by atoms with van der Waals surface area (Å²) in [4.78, 5) is 12.3. The van der Waals surface area contributed by atoms with Crippen molar-refractivity contribution in [1.29, 1.82) is 0 Å². The van der Waals surface area contributed by atoms with E-state index in [1.807, 2.05) is 24.3 Å². The minimum absolute atomic E-state index is 0.0866. The first-order valence-electron chi connectivity index (χ1n) is 8.49. The van der Waals surface area contributed by atoms with E-state index in [0.717, 1.165) is 24.8 Å². The lowest BCUT2D eigenvalue weighted by molar-refractivity contribution is -0.117. The molecule has 25 heavy (non-hydrogen) atoms. The Labute approximate surface area is 148 Å². The molecule has 2 aromatic carbocycles. The van der Waals surface area contributed by atoms with E-state index in [1.54, 1.807) is 26.4 Å². The molecule has 4 nitrogen and oxygen atoms in total. The molecule has 1 aliphatic carbocycles. The maximum atomic E-state index is 12.3. The number of hydrogen-bond acceptors (Lipinski definition) is 3. The average molecular weight is 337 g/mol. The molecule has 4 heteroatoms. The number of hydrogen-bond donors (Lipinski definition) is 1. The number of rotatable bonds is 5. The maximum absolute atomic E-state index is 12.3. The SMILES string of the molecule is COc1ccc(C=CC(=O)NC2CCCc3ccccc32)cc1OC. The summed E-state index contributed by atoms with van der Waals surface area (Å²) in [6, 6.07) is 14.0. The summed E-state index contributed by atoms with van der Waals surface area (Å²) in [7, 11) is 3.20. The van der Waals surface area contributed by atoms with Gasteiger partial charge in [0.2, 0.25) is 5.91 Å². The van der Waals surface area contributed by atoms with Crippen LogP contribution in [0.1, 0.15) is 35.6 Å². The van der Waals surface area contributed by atoms with Gasteiger partial charge in [-0.1, -0.05) is 30.3 Å². The van der Waals surface area contributed by atoms with Crippen molar-refractivity contribution in [3.8, 4) is 11.5 Å². The van der Waals surface area contributed by atoms with E-state index in [9.17, 15) is 4.79 Å². The lowest BCUT2D eigenvalue weighted by Crippen LogP contribution is -2.29. The van der Waals surface area contributed by atoms with Crippen molar-refractivity contribution in [2.75, 3.05) is 14.2 Å². The van der Waals surface area contributed by atoms with E-state index in [2.05, 4.69) is 23.5 Å². The van der Waals surface area contributed by atoms with Gasteiger partial charge in [0.05, 0.1) is 20.3 Å². The van der Waals surface area contributed by atoms with Gasteiger partial charge < -0.3 is 14.8 Å². The average Bonchev–Trinajstić information content (AvgIpc) is 2.66. The number of methoxy groups -OCH3 is 2. The highest BCUT2D eigenvalue weighted by Crippen LogP contribution is 2.30. The number of nitrogens with one attached hydrogen (secondary N) is 1. The summed E-state index contributed by atoms with van der Waals surface area (Å²) in [5.74, 6) is 1.23. The third-order valence-corrected chi connectivity index (χ3v) is 4.52. The molecule has 1 atom stereocenters. The molecular formula is C21H23NO3. The molecule has 1 aliphatic rings. The maximum Gasteiger partial charge on any atom is 0.244 e. The lowest BCUT2D eigenvalue weighted by Gasteiger charge is -2.25. The zero-order chi connectivity index (χ0) is 17.6. The van der Waals surface area contributed by atoms with E-state index < -0.39 is 0 Å². The zero-order valence-electron chi connectivity index (χ0n) is 14.6. The number of fused-ring (bicyclic) bond motifs is 1. The molecule has 0 radical (unpaired) electrons. The molecule has 0 spiro atoms. The highest BCUT2D eigenvalue weighted by Gasteiger charge is 2.20. The Morgan fingerprint density at radius 2 is 1.92 bits per heavy atom. The number of amides is 1. The molecule has 0 saturated carbocycles. The zero-order valence-corrected chi connectivity index (χ0v) is 14.6. The second-order valence-electron chi connectivity index (χ2n) is 6.10.